The van der Waals surface area contributed by atoms with Crippen molar-refractivity contribution in [3.63, 3.8) is 0 Å². The smallest absolute Gasteiger partial charge is 0.283 e. The van der Waals surface area contributed by atoms with Gasteiger partial charge in [-0.1, -0.05) is 12.1 Å². The summed E-state index contributed by atoms with van der Waals surface area (Å²) in [4.78, 5) is 17.0. The van der Waals surface area contributed by atoms with Crippen molar-refractivity contribution in [2.75, 3.05) is 19.8 Å². The number of carbonyl (C=O) groups is 1. The van der Waals surface area contributed by atoms with Crippen LogP contribution in [0.4, 0.5) is 0 Å². The van der Waals surface area contributed by atoms with Gasteiger partial charge < -0.3 is 4.74 Å². The van der Waals surface area contributed by atoms with Gasteiger partial charge >= 0.3 is 0 Å². The number of ether oxygens (including phenoxy) is 1. The highest BCUT2D eigenvalue weighted by atomic mass is 16.7. The Kier molecular flexibility index (Phi) is 3.98. The van der Waals surface area contributed by atoms with Gasteiger partial charge in [-0.25, -0.2) is 5.06 Å². The maximum absolute atomic E-state index is 11.7. The van der Waals surface area contributed by atoms with Crippen molar-refractivity contribution < 1.29 is 14.4 Å². The zero-order valence-electron chi connectivity index (χ0n) is 10.0. The molecule has 0 saturated carbocycles. The van der Waals surface area contributed by atoms with Crippen LogP contribution in [0.1, 0.15) is 18.4 Å². The lowest BCUT2D eigenvalue weighted by molar-refractivity contribution is -0.198. The van der Waals surface area contributed by atoms with Gasteiger partial charge in [0.25, 0.3) is 5.91 Å². The highest BCUT2D eigenvalue weighted by Crippen LogP contribution is 2.13. The Morgan fingerprint density at radius 3 is 3.06 bits per heavy atom. The Hall–Kier alpha value is -1.55. The van der Waals surface area contributed by atoms with Gasteiger partial charge in [-0.2, -0.15) is 0 Å². The van der Waals surface area contributed by atoms with Crippen LogP contribution < -0.4 is 4.74 Å². The van der Waals surface area contributed by atoms with E-state index in [0.29, 0.717) is 13.2 Å². The summed E-state index contributed by atoms with van der Waals surface area (Å²) in [6, 6.07) is 7.65. The lowest BCUT2D eigenvalue weighted by Gasteiger charge is -2.25. The van der Waals surface area contributed by atoms with E-state index < -0.39 is 0 Å². The first-order valence-electron chi connectivity index (χ1n) is 5.88. The first kappa shape index (κ1) is 11.9. The molecule has 0 atom stereocenters. The van der Waals surface area contributed by atoms with Crippen molar-refractivity contribution in [2.24, 2.45) is 0 Å². The van der Waals surface area contributed by atoms with Crippen LogP contribution in [0.3, 0.4) is 0 Å². The topological polar surface area (TPSA) is 38.8 Å². The van der Waals surface area contributed by atoms with Crippen molar-refractivity contribution in [1.82, 2.24) is 5.06 Å². The largest absolute Gasteiger partial charge is 0.484 e. The van der Waals surface area contributed by atoms with Gasteiger partial charge in [-0.05, 0) is 37.5 Å². The van der Waals surface area contributed by atoms with E-state index >= 15 is 0 Å². The molecule has 4 nitrogen and oxygen atoms in total. The highest BCUT2D eigenvalue weighted by molar-refractivity contribution is 5.76. The van der Waals surface area contributed by atoms with Crippen LogP contribution in [-0.2, 0) is 9.63 Å². The normalized spacial score (nSPS) is 15.7. The van der Waals surface area contributed by atoms with E-state index in [1.807, 2.05) is 31.2 Å². The molecular weight excluding hydrogens is 218 g/mol. The van der Waals surface area contributed by atoms with E-state index in [4.69, 9.17) is 9.57 Å². The van der Waals surface area contributed by atoms with E-state index in [0.717, 1.165) is 24.2 Å². The summed E-state index contributed by atoms with van der Waals surface area (Å²) >= 11 is 0. The number of aryl methyl sites for hydroxylation is 1. The van der Waals surface area contributed by atoms with Crippen LogP contribution in [0.25, 0.3) is 0 Å². The number of benzene rings is 1. The number of hydroxylamine groups is 2. The van der Waals surface area contributed by atoms with Gasteiger partial charge in [-0.3, -0.25) is 9.63 Å². The first-order valence-corrected chi connectivity index (χ1v) is 5.88. The number of hydrogen-bond donors (Lipinski definition) is 0. The van der Waals surface area contributed by atoms with E-state index in [9.17, 15) is 4.79 Å². The molecule has 1 fully saturated rings. The molecule has 0 N–H and O–H groups in total. The van der Waals surface area contributed by atoms with Crippen molar-refractivity contribution in [3.05, 3.63) is 29.8 Å². The lowest BCUT2D eigenvalue weighted by atomic mass is 10.2. The third-order valence-electron chi connectivity index (χ3n) is 2.63. The SMILES string of the molecule is Cc1cccc(OCC(=O)N2CCCCO2)c1. The molecule has 1 saturated heterocycles. The van der Waals surface area contributed by atoms with Crippen LogP contribution in [0.2, 0.25) is 0 Å². The summed E-state index contributed by atoms with van der Waals surface area (Å²) < 4.78 is 5.43. The maximum atomic E-state index is 11.7. The fraction of sp³-hybridized carbons (Fsp3) is 0.462. The molecule has 1 aromatic carbocycles. The molecule has 0 radical (unpaired) electrons. The lowest BCUT2D eigenvalue weighted by Crippen LogP contribution is -2.38. The molecular formula is C13H17NO3. The average Bonchev–Trinajstić information content (AvgIpc) is 2.37. The molecule has 1 aliphatic rings. The zero-order chi connectivity index (χ0) is 12.1. The Bertz CT molecular complexity index is 386. The summed E-state index contributed by atoms with van der Waals surface area (Å²) in [5, 5.41) is 1.40. The molecule has 1 amide bonds. The van der Waals surface area contributed by atoms with E-state index in [1.54, 1.807) is 0 Å². The molecule has 0 bridgehead atoms. The molecule has 0 spiro atoms. The van der Waals surface area contributed by atoms with Gasteiger partial charge in [0.1, 0.15) is 5.75 Å². The van der Waals surface area contributed by atoms with Crippen LogP contribution in [0.15, 0.2) is 24.3 Å². The van der Waals surface area contributed by atoms with Gasteiger partial charge in [0.2, 0.25) is 0 Å². The summed E-state index contributed by atoms with van der Waals surface area (Å²) in [6.45, 7) is 3.30. The summed E-state index contributed by atoms with van der Waals surface area (Å²) in [5.41, 5.74) is 1.11. The van der Waals surface area contributed by atoms with Crippen molar-refractivity contribution >= 4 is 5.91 Å². The Balaban J connectivity index is 1.83. The van der Waals surface area contributed by atoms with Gasteiger partial charge in [0.05, 0.1) is 6.61 Å². The van der Waals surface area contributed by atoms with Crippen LogP contribution in [-0.4, -0.2) is 30.7 Å². The quantitative estimate of drug-likeness (QED) is 0.803. The molecule has 1 heterocycles. The third kappa shape index (κ3) is 3.46. The van der Waals surface area contributed by atoms with Crippen molar-refractivity contribution in [3.8, 4) is 5.75 Å². The maximum Gasteiger partial charge on any atom is 0.283 e. The Morgan fingerprint density at radius 1 is 1.47 bits per heavy atom. The molecule has 4 heteroatoms. The number of rotatable bonds is 3. The van der Waals surface area contributed by atoms with Gasteiger partial charge in [0.15, 0.2) is 6.61 Å². The van der Waals surface area contributed by atoms with E-state index in [-0.39, 0.29) is 12.5 Å². The number of carbonyl (C=O) groups excluding carboxylic acids is 1. The number of nitrogens with zero attached hydrogens (tertiary/aromatic N) is 1. The second kappa shape index (κ2) is 5.68. The minimum atomic E-state index is -0.119. The Labute approximate surface area is 101 Å². The standard InChI is InChI=1S/C13H17NO3/c1-11-5-4-6-12(9-11)16-10-13(15)14-7-2-3-8-17-14/h4-6,9H,2-3,7-8,10H2,1H3. The molecule has 0 aliphatic carbocycles. The fourth-order valence-corrected chi connectivity index (χ4v) is 1.72. The predicted molar refractivity (Wildman–Crippen MR) is 63.6 cm³/mol. The molecule has 17 heavy (non-hydrogen) atoms. The van der Waals surface area contributed by atoms with Crippen molar-refractivity contribution in [2.45, 2.75) is 19.8 Å². The fourth-order valence-electron chi connectivity index (χ4n) is 1.72. The van der Waals surface area contributed by atoms with E-state index in [1.165, 1.54) is 5.06 Å². The summed E-state index contributed by atoms with van der Waals surface area (Å²) in [5.74, 6) is 0.599. The first-order chi connectivity index (χ1) is 8.25. The second-order valence-corrected chi connectivity index (χ2v) is 4.14. The zero-order valence-corrected chi connectivity index (χ0v) is 10.0. The number of hydrogen-bond acceptors (Lipinski definition) is 3. The van der Waals surface area contributed by atoms with Crippen molar-refractivity contribution in [1.29, 1.82) is 0 Å². The summed E-state index contributed by atoms with van der Waals surface area (Å²) in [6.07, 6.45) is 2.01. The molecule has 92 valence electrons. The molecule has 2 rings (SSSR count). The molecule has 1 aromatic rings. The predicted octanol–water partition coefficient (Wildman–Crippen LogP) is 1.93. The minimum absolute atomic E-state index is 0.0312. The highest BCUT2D eigenvalue weighted by Gasteiger charge is 2.17. The Morgan fingerprint density at radius 2 is 2.35 bits per heavy atom. The average molecular weight is 235 g/mol. The van der Waals surface area contributed by atoms with E-state index in [2.05, 4.69) is 0 Å². The molecule has 1 aliphatic heterocycles. The van der Waals surface area contributed by atoms with Crippen LogP contribution in [0.5, 0.6) is 5.75 Å². The molecule has 0 aromatic heterocycles. The summed E-state index contributed by atoms with van der Waals surface area (Å²) in [7, 11) is 0. The second-order valence-electron chi connectivity index (χ2n) is 4.14. The monoisotopic (exact) mass is 235 g/mol. The minimum Gasteiger partial charge on any atom is -0.484 e. The van der Waals surface area contributed by atoms with Crippen LogP contribution in [0, 0.1) is 6.92 Å². The number of amides is 1. The van der Waals surface area contributed by atoms with Crippen LogP contribution >= 0.6 is 0 Å². The van der Waals surface area contributed by atoms with Gasteiger partial charge in [0, 0.05) is 6.54 Å². The molecule has 0 unspecified atom stereocenters. The van der Waals surface area contributed by atoms with Gasteiger partial charge in [-0.15, -0.1) is 0 Å². The third-order valence-corrected chi connectivity index (χ3v) is 2.63.